The largest absolute Gasteiger partial charge is 0.480 e. The minimum absolute atomic E-state index is 0.424. The second kappa shape index (κ2) is 2.28. The Morgan fingerprint density at radius 2 is 2.50 bits per heavy atom. The summed E-state index contributed by atoms with van der Waals surface area (Å²) in [6.07, 6.45) is 1.16. The first kappa shape index (κ1) is 7.05. The van der Waals surface area contributed by atoms with Crippen LogP contribution in [-0.2, 0) is 4.79 Å². The van der Waals surface area contributed by atoms with E-state index in [1.165, 1.54) is 4.90 Å². The number of nitrogens with one attached hydrogen (secondary N) is 1. The maximum atomic E-state index is 10.4. The van der Waals surface area contributed by atoms with Crippen LogP contribution in [0.25, 0.3) is 0 Å². The van der Waals surface area contributed by atoms with E-state index in [0.717, 1.165) is 0 Å². The Labute approximate surface area is 59.0 Å². The lowest BCUT2D eigenvalue weighted by atomic mass is 10.2. The molecule has 1 fully saturated rings. The number of carboxylic acids is 1. The molecule has 2 N–H and O–H groups in total. The van der Waals surface area contributed by atoms with Crippen LogP contribution in [0.2, 0.25) is 0 Å². The lowest BCUT2D eigenvalue weighted by Gasteiger charge is -2.16. The molecule has 0 saturated carbocycles. The van der Waals surface area contributed by atoms with Gasteiger partial charge in [0.05, 0.1) is 5.84 Å². The Morgan fingerprint density at radius 1 is 1.90 bits per heavy atom. The molecule has 0 bridgehead atoms. The van der Waals surface area contributed by atoms with Gasteiger partial charge in [0.15, 0.2) is 0 Å². The molecule has 1 saturated heterocycles. The third kappa shape index (κ3) is 0.964. The van der Waals surface area contributed by atoms with Crippen molar-refractivity contribution < 1.29 is 9.90 Å². The van der Waals surface area contributed by atoms with E-state index in [0.29, 0.717) is 18.7 Å². The molecule has 1 aliphatic heterocycles. The fourth-order valence-corrected chi connectivity index (χ4v) is 1.12. The first-order valence-corrected chi connectivity index (χ1v) is 3.16. The van der Waals surface area contributed by atoms with Crippen molar-refractivity contribution in [3.05, 3.63) is 0 Å². The van der Waals surface area contributed by atoms with E-state index in [9.17, 15) is 4.79 Å². The molecule has 1 aliphatic rings. The van der Waals surface area contributed by atoms with Gasteiger partial charge < -0.3 is 10.0 Å². The molecule has 1 atom stereocenters. The molecule has 10 heavy (non-hydrogen) atoms. The van der Waals surface area contributed by atoms with Crippen LogP contribution in [0.5, 0.6) is 0 Å². The maximum absolute atomic E-state index is 10.4. The normalized spacial score (nSPS) is 25.5. The van der Waals surface area contributed by atoms with Crippen LogP contribution in [-0.4, -0.2) is 34.9 Å². The Balaban J connectivity index is 2.66. The van der Waals surface area contributed by atoms with Crippen molar-refractivity contribution in [2.45, 2.75) is 18.9 Å². The number of rotatable bonds is 1. The highest BCUT2D eigenvalue weighted by Gasteiger charge is 2.30. The number of hydrogen-bond donors (Lipinski definition) is 2. The van der Waals surface area contributed by atoms with Crippen molar-refractivity contribution in [3.63, 3.8) is 0 Å². The number of likely N-dealkylation sites (N-methyl/N-ethyl adjacent to an activating group) is 1. The van der Waals surface area contributed by atoms with Crippen molar-refractivity contribution in [2.24, 2.45) is 0 Å². The van der Waals surface area contributed by atoms with Gasteiger partial charge in [-0.2, -0.15) is 0 Å². The third-order valence-electron chi connectivity index (χ3n) is 1.83. The molecule has 4 heteroatoms. The van der Waals surface area contributed by atoms with Gasteiger partial charge in [-0.1, -0.05) is 0 Å². The average molecular weight is 142 g/mol. The van der Waals surface area contributed by atoms with Crippen molar-refractivity contribution in [3.8, 4) is 0 Å². The fraction of sp³-hybridized carbons (Fsp3) is 0.667. The Bertz CT molecular complexity index is 179. The zero-order valence-electron chi connectivity index (χ0n) is 5.79. The Morgan fingerprint density at radius 3 is 2.70 bits per heavy atom. The first-order chi connectivity index (χ1) is 4.63. The number of hydrogen-bond acceptors (Lipinski definition) is 2. The minimum Gasteiger partial charge on any atom is -0.480 e. The summed E-state index contributed by atoms with van der Waals surface area (Å²) in [5.74, 6) is -0.405. The molecule has 0 aromatic rings. The van der Waals surface area contributed by atoms with Gasteiger partial charge in [0.25, 0.3) is 0 Å². The maximum Gasteiger partial charge on any atom is 0.326 e. The van der Waals surface area contributed by atoms with E-state index in [4.69, 9.17) is 10.5 Å². The number of nitrogens with zero attached hydrogens (tertiary/aromatic N) is 1. The second-order valence-corrected chi connectivity index (χ2v) is 2.45. The number of amidine groups is 1. The van der Waals surface area contributed by atoms with Crippen LogP contribution in [0.3, 0.4) is 0 Å². The molecule has 4 nitrogen and oxygen atoms in total. The highest BCUT2D eigenvalue weighted by Crippen LogP contribution is 2.16. The molecule has 0 unspecified atom stereocenters. The standard InChI is InChI=1S/C6H10N2O2/c1-8-4(6(9)10)2-3-5(8)7/h4,7H,2-3H2,1H3,(H,9,10)/t4-/m0/s1. The van der Waals surface area contributed by atoms with E-state index in [2.05, 4.69) is 0 Å². The summed E-state index contributed by atoms with van der Waals surface area (Å²) in [7, 11) is 1.65. The lowest BCUT2D eigenvalue weighted by Crippen LogP contribution is -2.34. The monoisotopic (exact) mass is 142 g/mol. The van der Waals surface area contributed by atoms with Crippen molar-refractivity contribution in [1.82, 2.24) is 4.90 Å². The van der Waals surface area contributed by atoms with Gasteiger partial charge in [-0.15, -0.1) is 0 Å². The van der Waals surface area contributed by atoms with Crippen LogP contribution < -0.4 is 0 Å². The molecule has 0 radical (unpaired) electrons. The predicted octanol–water partition coefficient (Wildman–Crippen LogP) is 0.142. The molecule has 0 aliphatic carbocycles. The van der Waals surface area contributed by atoms with Crippen molar-refractivity contribution in [1.29, 1.82) is 5.41 Å². The Kier molecular flexibility index (Phi) is 1.61. The van der Waals surface area contributed by atoms with Gasteiger partial charge >= 0.3 is 5.97 Å². The molecule has 0 spiro atoms. The van der Waals surface area contributed by atoms with Crippen LogP contribution in [0.4, 0.5) is 0 Å². The van der Waals surface area contributed by atoms with E-state index < -0.39 is 12.0 Å². The van der Waals surface area contributed by atoms with E-state index >= 15 is 0 Å². The molecule has 0 amide bonds. The number of aliphatic carboxylic acids is 1. The molecule has 56 valence electrons. The molecular weight excluding hydrogens is 132 g/mol. The van der Waals surface area contributed by atoms with E-state index in [-0.39, 0.29) is 0 Å². The van der Waals surface area contributed by atoms with E-state index in [1.807, 2.05) is 0 Å². The van der Waals surface area contributed by atoms with Gasteiger partial charge in [0.2, 0.25) is 0 Å². The van der Waals surface area contributed by atoms with Gasteiger partial charge in [-0.25, -0.2) is 4.79 Å². The summed E-state index contributed by atoms with van der Waals surface area (Å²) in [6.45, 7) is 0. The van der Waals surface area contributed by atoms with Crippen LogP contribution >= 0.6 is 0 Å². The topological polar surface area (TPSA) is 64.4 Å². The zero-order chi connectivity index (χ0) is 7.72. The smallest absolute Gasteiger partial charge is 0.326 e. The summed E-state index contributed by atoms with van der Waals surface area (Å²) in [4.78, 5) is 11.9. The number of carbonyl (C=O) groups is 1. The quantitative estimate of drug-likeness (QED) is 0.547. The van der Waals surface area contributed by atoms with Gasteiger partial charge in [-0.05, 0) is 6.42 Å². The highest BCUT2D eigenvalue weighted by atomic mass is 16.4. The summed E-state index contributed by atoms with van der Waals surface area (Å²) in [5.41, 5.74) is 0. The molecular formula is C6H10N2O2. The molecule has 0 aromatic heterocycles. The third-order valence-corrected chi connectivity index (χ3v) is 1.83. The van der Waals surface area contributed by atoms with Crippen LogP contribution in [0.15, 0.2) is 0 Å². The summed E-state index contributed by atoms with van der Waals surface area (Å²) < 4.78 is 0. The molecule has 1 heterocycles. The summed E-state index contributed by atoms with van der Waals surface area (Å²) in [5, 5.41) is 15.8. The SMILES string of the molecule is CN1C(=N)CC[C@H]1C(=O)O. The van der Waals surface area contributed by atoms with Crippen molar-refractivity contribution >= 4 is 11.8 Å². The van der Waals surface area contributed by atoms with Gasteiger partial charge in [-0.3, -0.25) is 5.41 Å². The Hall–Kier alpha value is -1.06. The lowest BCUT2D eigenvalue weighted by molar-refractivity contribution is -0.141. The van der Waals surface area contributed by atoms with E-state index in [1.54, 1.807) is 7.05 Å². The summed E-state index contributed by atoms with van der Waals surface area (Å²) in [6, 6.07) is -0.465. The second-order valence-electron chi connectivity index (χ2n) is 2.45. The summed E-state index contributed by atoms with van der Waals surface area (Å²) >= 11 is 0. The first-order valence-electron chi connectivity index (χ1n) is 3.16. The van der Waals surface area contributed by atoms with Gasteiger partial charge in [0, 0.05) is 13.5 Å². The van der Waals surface area contributed by atoms with Crippen LogP contribution in [0.1, 0.15) is 12.8 Å². The number of likely N-dealkylation sites (tertiary alicyclic amines) is 1. The number of carboxylic acid groups (broad SMARTS) is 1. The zero-order valence-corrected chi connectivity index (χ0v) is 5.79. The van der Waals surface area contributed by atoms with Gasteiger partial charge in [0.1, 0.15) is 6.04 Å². The molecule has 1 rings (SSSR count). The van der Waals surface area contributed by atoms with Crippen molar-refractivity contribution in [2.75, 3.05) is 7.05 Å². The average Bonchev–Trinajstić information content (AvgIpc) is 2.14. The predicted molar refractivity (Wildman–Crippen MR) is 36.1 cm³/mol. The fourth-order valence-electron chi connectivity index (χ4n) is 1.12. The highest BCUT2D eigenvalue weighted by molar-refractivity contribution is 5.88. The molecule has 0 aromatic carbocycles. The van der Waals surface area contributed by atoms with Crippen LogP contribution in [0, 0.1) is 5.41 Å². The minimum atomic E-state index is -0.829.